The fourth-order valence-corrected chi connectivity index (χ4v) is 2.66. The summed E-state index contributed by atoms with van der Waals surface area (Å²) in [7, 11) is -3.12. The zero-order valence-corrected chi connectivity index (χ0v) is 10.5. The summed E-state index contributed by atoms with van der Waals surface area (Å²) in [5, 5.41) is 0. The van der Waals surface area contributed by atoms with Gasteiger partial charge < -0.3 is 4.74 Å². The van der Waals surface area contributed by atoms with Crippen molar-refractivity contribution in [3.8, 4) is 0 Å². The number of hydrogen-bond donors (Lipinski definition) is 0. The van der Waals surface area contributed by atoms with E-state index in [1.54, 1.807) is 12.1 Å². The molecule has 1 heterocycles. The molecule has 1 aromatic rings. The normalized spacial score (nSPS) is 19.1. The van der Waals surface area contributed by atoms with Gasteiger partial charge in [0.15, 0.2) is 9.84 Å². The molecule has 1 aromatic carbocycles. The number of hydrogen-bond acceptors (Lipinski definition) is 3. The number of halogens is 1. The van der Waals surface area contributed by atoms with Crippen LogP contribution >= 0.6 is 11.6 Å². The second-order valence-electron chi connectivity index (χ2n) is 4.20. The predicted molar refractivity (Wildman–Crippen MR) is 62.8 cm³/mol. The van der Waals surface area contributed by atoms with Crippen molar-refractivity contribution in [1.29, 1.82) is 0 Å². The van der Waals surface area contributed by atoms with Crippen molar-refractivity contribution in [3.63, 3.8) is 0 Å². The minimum atomic E-state index is -3.12. The van der Waals surface area contributed by atoms with Crippen molar-refractivity contribution in [2.24, 2.45) is 0 Å². The smallest absolute Gasteiger partial charge is 0.175 e. The van der Waals surface area contributed by atoms with E-state index in [1.807, 2.05) is 12.1 Å². The summed E-state index contributed by atoms with van der Waals surface area (Å²) >= 11 is 5.93. The van der Waals surface area contributed by atoms with Crippen molar-refractivity contribution in [3.05, 3.63) is 29.8 Å². The zero-order chi connectivity index (χ0) is 11.8. The standard InChI is InChI=1S/C11H13ClO3S/c1-16(13,14)10-4-2-9(3-5-10)11(6-12)7-15-8-11/h2-5H,6-8H2,1H3. The Morgan fingerprint density at radius 1 is 1.31 bits per heavy atom. The van der Waals surface area contributed by atoms with Crippen molar-refractivity contribution in [2.75, 3.05) is 25.3 Å². The lowest BCUT2D eigenvalue weighted by Crippen LogP contribution is -2.48. The van der Waals surface area contributed by atoms with Gasteiger partial charge in [-0.05, 0) is 17.7 Å². The van der Waals surface area contributed by atoms with Gasteiger partial charge in [0.1, 0.15) is 0 Å². The summed E-state index contributed by atoms with van der Waals surface area (Å²) in [6.07, 6.45) is 1.20. The molecule has 1 aliphatic heterocycles. The first-order chi connectivity index (χ1) is 7.48. The molecule has 0 saturated carbocycles. The Hall–Kier alpha value is -0.580. The predicted octanol–water partition coefficient (Wildman–Crippen LogP) is 1.60. The average Bonchev–Trinajstić information content (AvgIpc) is 2.16. The summed E-state index contributed by atoms with van der Waals surface area (Å²) < 4.78 is 27.8. The first-order valence-electron chi connectivity index (χ1n) is 4.92. The number of sulfone groups is 1. The highest BCUT2D eigenvalue weighted by Crippen LogP contribution is 2.33. The largest absolute Gasteiger partial charge is 0.379 e. The van der Waals surface area contributed by atoms with E-state index < -0.39 is 9.84 Å². The number of benzene rings is 1. The molecule has 0 aromatic heterocycles. The van der Waals surface area contributed by atoms with Crippen LogP contribution in [0.4, 0.5) is 0 Å². The molecule has 16 heavy (non-hydrogen) atoms. The van der Waals surface area contributed by atoms with Crippen molar-refractivity contribution < 1.29 is 13.2 Å². The lowest BCUT2D eigenvalue weighted by atomic mass is 9.81. The number of alkyl halides is 1. The van der Waals surface area contributed by atoms with E-state index >= 15 is 0 Å². The van der Waals surface area contributed by atoms with E-state index in [-0.39, 0.29) is 5.41 Å². The van der Waals surface area contributed by atoms with Gasteiger partial charge in [-0.25, -0.2) is 8.42 Å². The Labute approximate surface area is 100 Å². The van der Waals surface area contributed by atoms with Gasteiger partial charge in [0.2, 0.25) is 0 Å². The van der Waals surface area contributed by atoms with Crippen molar-refractivity contribution in [1.82, 2.24) is 0 Å². The van der Waals surface area contributed by atoms with Crippen molar-refractivity contribution in [2.45, 2.75) is 10.3 Å². The van der Waals surface area contributed by atoms with Crippen LogP contribution in [0.1, 0.15) is 5.56 Å². The highest BCUT2D eigenvalue weighted by molar-refractivity contribution is 7.90. The van der Waals surface area contributed by atoms with Crippen LogP contribution in [0.15, 0.2) is 29.2 Å². The molecule has 0 radical (unpaired) electrons. The first-order valence-corrected chi connectivity index (χ1v) is 7.35. The van der Waals surface area contributed by atoms with Gasteiger partial charge in [0.25, 0.3) is 0 Å². The molecule has 0 amide bonds. The number of ether oxygens (including phenoxy) is 1. The molecule has 1 saturated heterocycles. The van der Waals surface area contributed by atoms with E-state index in [9.17, 15) is 8.42 Å². The van der Waals surface area contributed by atoms with Crippen LogP contribution in [0.3, 0.4) is 0 Å². The topological polar surface area (TPSA) is 43.4 Å². The van der Waals surface area contributed by atoms with Crippen LogP contribution in [0.5, 0.6) is 0 Å². The summed E-state index contributed by atoms with van der Waals surface area (Å²) in [6, 6.07) is 6.89. The number of rotatable bonds is 3. The minimum absolute atomic E-state index is 0.127. The molecule has 0 atom stereocenters. The molecule has 1 aliphatic rings. The fraction of sp³-hybridized carbons (Fsp3) is 0.455. The summed E-state index contributed by atoms with van der Waals surface area (Å²) in [5.41, 5.74) is 0.915. The highest BCUT2D eigenvalue weighted by atomic mass is 35.5. The Bertz CT molecular complexity index is 469. The third-order valence-corrected chi connectivity index (χ3v) is 4.55. The van der Waals surface area contributed by atoms with Gasteiger partial charge in [-0.2, -0.15) is 0 Å². The maximum atomic E-state index is 11.3. The summed E-state index contributed by atoms with van der Waals surface area (Å²) in [4.78, 5) is 0.334. The lowest BCUT2D eigenvalue weighted by molar-refractivity contribution is -0.0480. The van der Waals surface area contributed by atoms with E-state index in [0.717, 1.165) is 5.56 Å². The van der Waals surface area contributed by atoms with Gasteiger partial charge >= 0.3 is 0 Å². The average molecular weight is 261 g/mol. The van der Waals surface area contributed by atoms with E-state index in [4.69, 9.17) is 16.3 Å². The second kappa shape index (κ2) is 4.02. The van der Waals surface area contributed by atoms with Gasteiger partial charge in [0.05, 0.1) is 23.5 Å². The lowest BCUT2D eigenvalue weighted by Gasteiger charge is -2.40. The summed E-state index contributed by atoms with van der Waals surface area (Å²) in [5.74, 6) is 0.491. The Kier molecular flexibility index (Phi) is 2.99. The molecule has 2 rings (SSSR count). The third kappa shape index (κ3) is 1.97. The molecule has 1 fully saturated rings. The van der Waals surface area contributed by atoms with Crippen LogP contribution < -0.4 is 0 Å². The second-order valence-corrected chi connectivity index (χ2v) is 6.49. The van der Waals surface area contributed by atoms with Gasteiger partial charge in [0, 0.05) is 12.1 Å². The SMILES string of the molecule is CS(=O)(=O)c1ccc(C2(CCl)COC2)cc1. The molecule has 0 aliphatic carbocycles. The quantitative estimate of drug-likeness (QED) is 0.776. The highest BCUT2D eigenvalue weighted by Gasteiger charge is 2.39. The summed E-state index contributed by atoms with van der Waals surface area (Å²) in [6.45, 7) is 1.21. The maximum absolute atomic E-state index is 11.3. The Balaban J connectivity index is 2.33. The minimum Gasteiger partial charge on any atom is -0.379 e. The Morgan fingerprint density at radius 3 is 2.19 bits per heavy atom. The maximum Gasteiger partial charge on any atom is 0.175 e. The molecule has 3 nitrogen and oxygen atoms in total. The molecule has 5 heteroatoms. The van der Waals surface area contributed by atoms with Gasteiger partial charge in [-0.15, -0.1) is 11.6 Å². The fourth-order valence-electron chi connectivity index (χ4n) is 1.73. The van der Waals surface area contributed by atoms with Crippen LogP contribution in [0, 0.1) is 0 Å². The zero-order valence-electron chi connectivity index (χ0n) is 8.94. The van der Waals surface area contributed by atoms with E-state index in [1.165, 1.54) is 6.26 Å². The van der Waals surface area contributed by atoms with Crippen molar-refractivity contribution >= 4 is 21.4 Å². The molecular formula is C11H13ClO3S. The van der Waals surface area contributed by atoms with Crippen LogP contribution in [0.25, 0.3) is 0 Å². The monoisotopic (exact) mass is 260 g/mol. The molecule has 0 spiro atoms. The molecule has 88 valence electrons. The van der Waals surface area contributed by atoms with Crippen LogP contribution in [-0.2, 0) is 20.0 Å². The molecule has 0 unspecified atom stereocenters. The first kappa shape index (κ1) is 11.9. The van der Waals surface area contributed by atoms with E-state index in [2.05, 4.69) is 0 Å². The Morgan fingerprint density at radius 2 is 1.88 bits per heavy atom. The molecule has 0 N–H and O–H groups in total. The van der Waals surface area contributed by atoms with Gasteiger partial charge in [-0.3, -0.25) is 0 Å². The van der Waals surface area contributed by atoms with Gasteiger partial charge in [-0.1, -0.05) is 12.1 Å². The van der Waals surface area contributed by atoms with Crippen LogP contribution in [0.2, 0.25) is 0 Å². The van der Waals surface area contributed by atoms with E-state index in [0.29, 0.717) is 24.0 Å². The van der Waals surface area contributed by atoms with Crippen LogP contribution in [-0.4, -0.2) is 33.8 Å². The molecular weight excluding hydrogens is 248 g/mol. The third-order valence-electron chi connectivity index (χ3n) is 2.91. The molecule has 0 bridgehead atoms.